The molecule has 1 aromatic heterocycles. The van der Waals surface area contributed by atoms with E-state index in [0.717, 1.165) is 0 Å². The molecule has 68 valence electrons. The van der Waals surface area contributed by atoms with Crippen molar-refractivity contribution >= 4 is 21.7 Å². The first kappa shape index (κ1) is 11.4. The Morgan fingerprint density at radius 1 is 1.50 bits per heavy atom. The van der Waals surface area contributed by atoms with Crippen LogP contribution in [-0.4, -0.2) is 4.98 Å². The summed E-state index contributed by atoms with van der Waals surface area (Å²) in [4.78, 5) is 3.69. The Kier molecular flexibility index (Phi) is 4.81. The molecule has 1 rings (SSSR count). The average Bonchev–Trinajstić information content (AvgIpc) is 2.05. The predicted octanol–water partition coefficient (Wildman–Crippen LogP) is 2.90. The van der Waals surface area contributed by atoms with Crippen molar-refractivity contribution in [2.45, 2.75) is 20.8 Å². The molecule has 0 aliphatic heterocycles. The Hall–Kier alpha value is -0.640. The van der Waals surface area contributed by atoms with Crippen molar-refractivity contribution in [3.8, 4) is 0 Å². The van der Waals surface area contributed by atoms with E-state index >= 15 is 0 Å². The van der Waals surface area contributed by atoms with Crippen molar-refractivity contribution in [2.75, 3.05) is 5.73 Å². The van der Waals surface area contributed by atoms with Crippen molar-refractivity contribution in [3.05, 3.63) is 22.1 Å². The van der Waals surface area contributed by atoms with E-state index in [4.69, 9.17) is 5.73 Å². The minimum Gasteiger partial charge on any atom is -0.383 e. The van der Waals surface area contributed by atoms with Gasteiger partial charge in [-0.25, -0.2) is 9.37 Å². The summed E-state index contributed by atoms with van der Waals surface area (Å²) in [5.41, 5.74) is 6.04. The number of nitrogens with two attached hydrogens (primary N) is 1. The average molecular weight is 235 g/mol. The zero-order valence-electron chi connectivity index (χ0n) is 7.36. The maximum Gasteiger partial charge on any atom is 0.156 e. The summed E-state index contributed by atoms with van der Waals surface area (Å²) in [7, 11) is 0. The van der Waals surface area contributed by atoms with E-state index < -0.39 is 0 Å². The van der Waals surface area contributed by atoms with E-state index in [1.165, 1.54) is 6.07 Å². The van der Waals surface area contributed by atoms with Crippen molar-refractivity contribution < 1.29 is 4.39 Å². The first-order valence-electron chi connectivity index (χ1n) is 3.69. The number of aromatic nitrogens is 1. The molecular formula is C8H12BrFN2. The van der Waals surface area contributed by atoms with E-state index in [-0.39, 0.29) is 10.4 Å². The maximum atomic E-state index is 12.6. The zero-order chi connectivity index (χ0) is 9.72. The number of aryl methyl sites for hydroxylation is 1. The molecule has 0 unspecified atom stereocenters. The molecule has 0 fully saturated rings. The van der Waals surface area contributed by atoms with Crippen molar-refractivity contribution in [1.82, 2.24) is 4.98 Å². The van der Waals surface area contributed by atoms with Gasteiger partial charge in [-0.1, -0.05) is 13.8 Å². The van der Waals surface area contributed by atoms with Crippen LogP contribution in [0.2, 0.25) is 0 Å². The molecule has 0 saturated carbocycles. The van der Waals surface area contributed by atoms with Gasteiger partial charge in [0.05, 0.1) is 0 Å². The normalized spacial score (nSPS) is 8.75. The van der Waals surface area contributed by atoms with Gasteiger partial charge in [0, 0.05) is 0 Å². The fourth-order valence-corrected chi connectivity index (χ4v) is 0.876. The van der Waals surface area contributed by atoms with Crippen LogP contribution in [0.15, 0.2) is 10.7 Å². The van der Waals surface area contributed by atoms with Gasteiger partial charge in [-0.15, -0.1) is 0 Å². The third kappa shape index (κ3) is 2.77. The largest absolute Gasteiger partial charge is 0.383 e. The van der Waals surface area contributed by atoms with Gasteiger partial charge in [0.15, 0.2) is 5.82 Å². The van der Waals surface area contributed by atoms with Gasteiger partial charge in [-0.2, -0.15) is 0 Å². The Balaban J connectivity index is 0.000000561. The number of nitrogen functional groups attached to an aromatic ring is 1. The molecule has 0 aliphatic carbocycles. The molecule has 0 aliphatic rings. The van der Waals surface area contributed by atoms with E-state index in [1.807, 2.05) is 13.8 Å². The van der Waals surface area contributed by atoms with Gasteiger partial charge in [0.1, 0.15) is 10.4 Å². The minimum atomic E-state index is -0.383. The van der Waals surface area contributed by atoms with Gasteiger partial charge in [-0.3, -0.25) is 0 Å². The Labute approximate surface area is 80.1 Å². The summed E-state index contributed by atoms with van der Waals surface area (Å²) >= 11 is 2.91. The first-order valence-corrected chi connectivity index (χ1v) is 4.48. The van der Waals surface area contributed by atoms with Crippen LogP contribution in [0.3, 0.4) is 0 Å². The second kappa shape index (κ2) is 5.09. The molecule has 0 radical (unpaired) electrons. The molecule has 2 nitrogen and oxygen atoms in total. The lowest BCUT2D eigenvalue weighted by atomic mass is 10.3. The topological polar surface area (TPSA) is 38.9 Å². The summed E-state index contributed by atoms with van der Waals surface area (Å²) < 4.78 is 12.8. The third-order valence-electron chi connectivity index (χ3n) is 1.16. The van der Waals surface area contributed by atoms with E-state index in [9.17, 15) is 4.39 Å². The molecule has 1 heterocycles. The van der Waals surface area contributed by atoms with Crippen LogP contribution in [0.25, 0.3) is 0 Å². The Bertz CT molecular complexity index is 213. The molecule has 1 aromatic rings. The molecular weight excluding hydrogens is 223 g/mol. The van der Waals surface area contributed by atoms with Crippen LogP contribution in [0, 0.1) is 12.7 Å². The van der Waals surface area contributed by atoms with Crippen LogP contribution in [0.1, 0.15) is 19.4 Å². The van der Waals surface area contributed by atoms with Gasteiger partial charge in [0.25, 0.3) is 0 Å². The van der Waals surface area contributed by atoms with Crippen LogP contribution < -0.4 is 5.73 Å². The number of rotatable bonds is 0. The minimum absolute atomic E-state index is 0.163. The van der Waals surface area contributed by atoms with Crippen LogP contribution >= 0.6 is 15.9 Å². The summed E-state index contributed by atoms with van der Waals surface area (Å²) in [5, 5.41) is 0. The highest BCUT2D eigenvalue weighted by Gasteiger charge is 2.02. The van der Waals surface area contributed by atoms with Crippen molar-refractivity contribution in [3.63, 3.8) is 0 Å². The second-order valence-corrected chi connectivity index (χ2v) is 2.71. The zero-order valence-corrected chi connectivity index (χ0v) is 8.94. The molecule has 0 saturated heterocycles. The fraction of sp³-hybridized carbons (Fsp3) is 0.375. The SMILES string of the molecule is CC.Cc1cc(F)c(Br)nc1N. The highest BCUT2D eigenvalue weighted by Crippen LogP contribution is 2.16. The number of pyridine rings is 1. The Morgan fingerprint density at radius 2 is 2.00 bits per heavy atom. The summed E-state index contributed by atoms with van der Waals surface area (Å²) in [5.74, 6) is -0.0278. The first-order chi connectivity index (χ1) is 5.61. The van der Waals surface area contributed by atoms with Gasteiger partial charge < -0.3 is 5.73 Å². The monoisotopic (exact) mass is 234 g/mol. The molecule has 0 aromatic carbocycles. The highest BCUT2D eigenvalue weighted by atomic mass is 79.9. The number of hydrogen-bond acceptors (Lipinski definition) is 2. The molecule has 0 bridgehead atoms. The van der Waals surface area contributed by atoms with Crippen molar-refractivity contribution in [1.29, 1.82) is 0 Å². The lowest BCUT2D eigenvalue weighted by Crippen LogP contribution is -1.95. The molecule has 4 heteroatoms. The van der Waals surface area contributed by atoms with Crippen LogP contribution in [0.5, 0.6) is 0 Å². The third-order valence-corrected chi connectivity index (χ3v) is 1.72. The van der Waals surface area contributed by atoms with Crippen LogP contribution in [0.4, 0.5) is 10.2 Å². The fourth-order valence-electron chi connectivity index (χ4n) is 0.571. The molecule has 0 amide bonds. The smallest absolute Gasteiger partial charge is 0.156 e. The number of halogens is 2. The van der Waals surface area contributed by atoms with E-state index in [2.05, 4.69) is 20.9 Å². The number of nitrogens with zero attached hydrogens (tertiary/aromatic N) is 1. The summed E-state index contributed by atoms with van der Waals surface area (Å²) in [6.07, 6.45) is 0. The number of anilines is 1. The Morgan fingerprint density at radius 3 is 2.42 bits per heavy atom. The number of hydrogen-bond donors (Lipinski definition) is 1. The van der Waals surface area contributed by atoms with E-state index in [1.54, 1.807) is 6.92 Å². The summed E-state index contributed by atoms with van der Waals surface area (Å²) in [6, 6.07) is 1.34. The van der Waals surface area contributed by atoms with Gasteiger partial charge >= 0.3 is 0 Å². The lowest BCUT2D eigenvalue weighted by Gasteiger charge is -1.98. The van der Waals surface area contributed by atoms with Gasteiger partial charge in [0.2, 0.25) is 0 Å². The quantitative estimate of drug-likeness (QED) is 0.702. The van der Waals surface area contributed by atoms with E-state index in [0.29, 0.717) is 11.4 Å². The molecule has 0 atom stereocenters. The standard InChI is InChI=1S/C6H6BrFN2.C2H6/c1-3-2-4(8)5(7)10-6(3)9;1-2/h2H,1H3,(H2,9,10);1-2H3. The van der Waals surface area contributed by atoms with Crippen LogP contribution in [-0.2, 0) is 0 Å². The molecule has 12 heavy (non-hydrogen) atoms. The highest BCUT2D eigenvalue weighted by molar-refractivity contribution is 9.10. The van der Waals surface area contributed by atoms with Crippen molar-refractivity contribution in [2.24, 2.45) is 0 Å². The van der Waals surface area contributed by atoms with Gasteiger partial charge in [-0.05, 0) is 34.5 Å². The lowest BCUT2D eigenvalue weighted by molar-refractivity contribution is 0.612. The second-order valence-electron chi connectivity index (χ2n) is 1.96. The molecule has 0 spiro atoms. The maximum absolute atomic E-state index is 12.6. The molecule has 2 N–H and O–H groups in total. The predicted molar refractivity (Wildman–Crippen MR) is 52.4 cm³/mol. The summed E-state index contributed by atoms with van der Waals surface area (Å²) in [6.45, 7) is 5.71.